The Hall–Kier alpha value is -1.03. The molecular formula is C8H12ClN3O. The predicted molar refractivity (Wildman–Crippen MR) is 50.9 cm³/mol. The predicted octanol–water partition coefficient (Wildman–Crippen LogP) is 1.11. The van der Waals surface area contributed by atoms with Gasteiger partial charge in [0, 0.05) is 25.2 Å². The van der Waals surface area contributed by atoms with Gasteiger partial charge >= 0.3 is 0 Å². The zero-order valence-electron chi connectivity index (χ0n) is 7.62. The molecule has 4 nitrogen and oxygen atoms in total. The molecule has 0 aliphatic heterocycles. The van der Waals surface area contributed by atoms with Crippen molar-refractivity contribution < 1.29 is 4.79 Å². The summed E-state index contributed by atoms with van der Waals surface area (Å²) in [6.45, 7) is 2.38. The van der Waals surface area contributed by atoms with Crippen molar-refractivity contribution in [1.82, 2.24) is 15.1 Å². The summed E-state index contributed by atoms with van der Waals surface area (Å²) in [5, 5.41) is 6.25. The molecule has 13 heavy (non-hydrogen) atoms. The number of amides is 1. The molecule has 1 aromatic heterocycles. The number of aromatic nitrogens is 2. The SMILES string of the molecule is CC(Cl)CN(C)C(=O)c1cn[nH]c1. The molecule has 1 N–H and O–H groups in total. The summed E-state index contributed by atoms with van der Waals surface area (Å²) in [5.41, 5.74) is 0.555. The minimum Gasteiger partial charge on any atom is -0.340 e. The van der Waals surface area contributed by atoms with Gasteiger partial charge in [-0.1, -0.05) is 0 Å². The highest BCUT2D eigenvalue weighted by Crippen LogP contribution is 2.03. The summed E-state index contributed by atoms with van der Waals surface area (Å²) in [4.78, 5) is 13.1. The lowest BCUT2D eigenvalue weighted by Crippen LogP contribution is -2.31. The first kappa shape index (κ1) is 10.1. The Kier molecular flexibility index (Phi) is 3.31. The summed E-state index contributed by atoms with van der Waals surface area (Å²) in [5.74, 6) is -0.0683. The molecule has 0 saturated carbocycles. The monoisotopic (exact) mass is 201 g/mol. The van der Waals surface area contributed by atoms with E-state index in [4.69, 9.17) is 11.6 Å². The highest BCUT2D eigenvalue weighted by molar-refractivity contribution is 6.20. The third kappa shape index (κ3) is 2.73. The van der Waals surface area contributed by atoms with Crippen LogP contribution in [0.15, 0.2) is 12.4 Å². The van der Waals surface area contributed by atoms with Crippen LogP contribution >= 0.6 is 11.6 Å². The van der Waals surface area contributed by atoms with Gasteiger partial charge in [0.05, 0.1) is 11.8 Å². The Morgan fingerprint density at radius 1 is 1.85 bits per heavy atom. The van der Waals surface area contributed by atoms with Crippen molar-refractivity contribution in [3.8, 4) is 0 Å². The average molecular weight is 202 g/mol. The first-order chi connectivity index (χ1) is 6.11. The lowest BCUT2D eigenvalue weighted by molar-refractivity contribution is 0.0796. The van der Waals surface area contributed by atoms with Crippen LogP contribution in [0.3, 0.4) is 0 Å². The van der Waals surface area contributed by atoms with Crippen LogP contribution in [0.2, 0.25) is 0 Å². The van der Waals surface area contributed by atoms with E-state index < -0.39 is 0 Å². The molecule has 5 heteroatoms. The van der Waals surface area contributed by atoms with E-state index in [2.05, 4.69) is 10.2 Å². The number of rotatable bonds is 3. The van der Waals surface area contributed by atoms with Gasteiger partial charge in [0.1, 0.15) is 0 Å². The van der Waals surface area contributed by atoms with Gasteiger partial charge in [0.15, 0.2) is 0 Å². The molecule has 0 aromatic carbocycles. The Bertz CT molecular complexity index is 271. The zero-order chi connectivity index (χ0) is 9.84. The Labute approximate surface area is 81.9 Å². The van der Waals surface area contributed by atoms with Crippen LogP contribution in [0.5, 0.6) is 0 Å². The van der Waals surface area contributed by atoms with E-state index in [9.17, 15) is 4.79 Å². The fraction of sp³-hybridized carbons (Fsp3) is 0.500. The van der Waals surface area contributed by atoms with Gasteiger partial charge in [-0.3, -0.25) is 9.89 Å². The average Bonchev–Trinajstić information content (AvgIpc) is 2.53. The smallest absolute Gasteiger partial charge is 0.256 e. The fourth-order valence-electron chi connectivity index (χ4n) is 1.05. The summed E-state index contributed by atoms with van der Waals surface area (Å²) < 4.78 is 0. The van der Waals surface area contributed by atoms with Gasteiger partial charge in [0.2, 0.25) is 0 Å². The Morgan fingerprint density at radius 3 is 3.00 bits per heavy atom. The number of hydrogen-bond donors (Lipinski definition) is 1. The number of nitrogens with one attached hydrogen (secondary N) is 1. The second kappa shape index (κ2) is 4.28. The molecule has 1 aromatic rings. The summed E-state index contributed by atoms with van der Waals surface area (Å²) in [6.07, 6.45) is 3.06. The number of carbonyl (C=O) groups is 1. The van der Waals surface area contributed by atoms with Crippen molar-refractivity contribution in [2.45, 2.75) is 12.3 Å². The van der Waals surface area contributed by atoms with E-state index in [1.54, 1.807) is 18.1 Å². The van der Waals surface area contributed by atoms with E-state index in [0.717, 1.165) is 0 Å². The number of hydrogen-bond acceptors (Lipinski definition) is 2. The second-order valence-electron chi connectivity index (χ2n) is 2.95. The van der Waals surface area contributed by atoms with E-state index in [1.807, 2.05) is 6.92 Å². The number of halogens is 1. The molecule has 0 aliphatic carbocycles. The van der Waals surface area contributed by atoms with Crippen LogP contribution < -0.4 is 0 Å². The zero-order valence-corrected chi connectivity index (χ0v) is 8.38. The molecule has 0 radical (unpaired) electrons. The van der Waals surface area contributed by atoms with Crippen LogP contribution in [-0.2, 0) is 0 Å². The van der Waals surface area contributed by atoms with Crippen molar-refractivity contribution in [1.29, 1.82) is 0 Å². The number of H-pyrrole nitrogens is 1. The van der Waals surface area contributed by atoms with Crippen molar-refractivity contribution in [2.24, 2.45) is 0 Å². The molecule has 0 bridgehead atoms. The molecule has 1 heterocycles. The minimum absolute atomic E-state index is 0.0409. The highest BCUT2D eigenvalue weighted by atomic mass is 35.5. The standard InChI is InChI=1S/C8H12ClN3O/c1-6(9)5-12(2)8(13)7-3-10-11-4-7/h3-4,6H,5H2,1-2H3,(H,10,11). The van der Waals surface area contributed by atoms with Crippen LogP contribution in [0.4, 0.5) is 0 Å². The van der Waals surface area contributed by atoms with Gasteiger partial charge < -0.3 is 4.90 Å². The maximum atomic E-state index is 11.5. The maximum absolute atomic E-state index is 11.5. The molecule has 1 atom stereocenters. The highest BCUT2D eigenvalue weighted by Gasteiger charge is 2.13. The fourth-order valence-corrected chi connectivity index (χ4v) is 1.26. The minimum atomic E-state index is -0.0683. The molecule has 0 spiro atoms. The van der Waals surface area contributed by atoms with Crippen molar-refractivity contribution in [2.75, 3.05) is 13.6 Å². The van der Waals surface area contributed by atoms with Gasteiger partial charge in [-0.05, 0) is 6.92 Å². The van der Waals surface area contributed by atoms with E-state index in [-0.39, 0.29) is 11.3 Å². The molecule has 1 rings (SSSR count). The van der Waals surface area contributed by atoms with Crippen LogP contribution in [0.1, 0.15) is 17.3 Å². The van der Waals surface area contributed by atoms with E-state index >= 15 is 0 Å². The molecule has 1 unspecified atom stereocenters. The number of aromatic amines is 1. The summed E-state index contributed by atoms with van der Waals surface area (Å²) in [7, 11) is 1.72. The first-order valence-corrected chi connectivity index (χ1v) is 4.43. The number of nitrogens with zero attached hydrogens (tertiary/aromatic N) is 2. The van der Waals surface area contributed by atoms with Crippen molar-refractivity contribution in [3.63, 3.8) is 0 Å². The van der Waals surface area contributed by atoms with Gasteiger partial charge in [-0.2, -0.15) is 5.10 Å². The normalized spacial score (nSPS) is 12.5. The lowest BCUT2D eigenvalue weighted by Gasteiger charge is -2.17. The Balaban J connectivity index is 2.58. The Morgan fingerprint density at radius 2 is 2.54 bits per heavy atom. The van der Waals surface area contributed by atoms with Gasteiger partial charge in [-0.15, -0.1) is 11.6 Å². The van der Waals surface area contributed by atoms with Crippen molar-refractivity contribution >= 4 is 17.5 Å². The molecule has 0 fully saturated rings. The molecule has 1 amide bonds. The first-order valence-electron chi connectivity index (χ1n) is 3.99. The van der Waals surface area contributed by atoms with Crippen molar-refractivity contribution in [3.05, 3.63) is 18.0 Å². The van der Waals surface area contributed by atoms with Crippen LogP contribution in [0.25, 0.3) is 0 Å². The summed E-state index contributed by atoms with van der Waals surface area (Å²) in [6, 6.07) is 0. The number of carbonyl (C=O) groups excluding carboxylic acids is 1. The molecule has 0 aliphatic rings. The molecule has 0 saturated heterocycles. The largest absolute Gasteiger partial charge is 0.340 e. The third-order valence-corrected chi connectivity index (χ3v) is 1.76. The van der Waals surface area contributed by atoms with Crippen LogP contribution in [-0.4, -0.2) is 40.0 Å². The second-order valence-corrected chi connectivity index (χ2v) is 3.70. The van der Waals surface area contributed by atoms with Gasteiger partial charge in [-0.25, -0.2) is 0 Å². The van der Waals surface area contributed by atoms with E-state index in [0.29, 0.717) is 12.1 Å². The number of alkyl halides is 1. The van der Waals surface area contributed by atoms with Gasteiger partial charge in [0.25, 0.3) is 5.91 Å². The van der Waals surface area contributed by atoms with E-state index in [1.165, 1.54) is 6.20 Å². The molecule has 72 valence electrons. The third-order valence-electron chi connectivity index (χ3n) is 1.62. The lowest BCUT2D eigenvalue weighted by atomic mass is 10.3. The topological polar surface area (TPSA) is 49.0 Å². The molecular weight excluding hydrogens is 190 g/mol. The van der Waals surface area contributed by atoms with Crippen LogP contribution in [0, 0.1) is 0 Å². The maximum Gasteiger partial charge on any atom is 0.256 e. The summed E-state index contributed by atoms with van der Waals surface area (Å²) >= 11 is 5.76. The quantitative estimate of drug-likeness (QED) is 0.745.